The van der Waals surface area contributed by atoms with E-state index < -0.39 is 6.10 Å². The van der Waals surface area contributed by atoms with Crippen molar-refractivity contribution in [1.82, 2.24) is 15.0 Å². The van der Waals surface area contributed by atoms with E-state index >= 15 is 0 Å². The monoisotopic (exact) mass is 163 g/mol. The molecule has 0 saturated carbocycles. The van der Waals surface area contributed by atoms with E-state index in [9.17, 15) is 5.11 Å². The lowest BCUT2D eigenvalue weighted by molar-refractivity contribution is 0.190. The fourth-order valence-electron chi connectivity index (χ4n) is 1.07. The van der Waals surface area contributed by atoms with Gasteiger partial charge in [-0.2, -0.15) is 0 Å². The molecule has 0 fully saturated rings. The van der Waals surface area contributed by atoms with Gasteiger partial charge in [-0.15, -0.1) is 0 Å². The molecule has 12 heavy (non-hydrogen) atoms. The van der Waals surface area contributed by atoms with Gasteiger partial charge in [0, 0.05) is 6.20 Å². The Morgan fingerprint density at radius 2 is 2.42 bits per heavy atom. The lowest BCUT2D eigenvalue weighted by atomic mass is 10.4. The highest BCUT2D eigenvalue weighted by Crippen LogP contribution is 2.13. The van der Waals surface area contributed by atoms with Gasteiger partial charge in [-0.25, -0.2) is 4.98 Å². The molecule has 0 aliphatic carbocycles. The van der Waals surface area contributed by atoms with E-state index in [1.54, 1.807) is 25.4 Å². The first-order valence-electron chi connectivity index (χ1n) is 3.75. The summed E-state index contributed by atoms with van der Waals surface area (Å²) in [5.74, 6) is 0.581. The molecule has 0 aliphatic heterocycles. The van der Waals surface area contributed by atoms with Crippen LogP contribution in [-0.4, -0.2) is 20.1 Å². The first-order chi connectivity index (χ1) is 5.77. The number of aromatic amines is 1. The zero-order valence-electron chi connectivity index (χ0n) is 6.65. The van der Waals surface area contributed by atoms with Crippen molar-refractivity contribution in [1.29, 1.82) is 0 Å². The summed E-state index contributed by atoms with van der Waals surface area (Å²) in [6.07, 6.45) is 2.81. The minimum atomic E-state index is -0.558. The molecule has 0 aliphatic rings. The van der Waals surface area contributed by atoms with E-state index in [0.29, 0.717) is 5.82 Å². The molecule has 2 rings (SSSR count). The number of hydrogen-bond acceptors (Lipinski definition) is 3. The molecule has 0 saturated heterocycles. The Kier molecular flexibility index (Phi) is 1.55. The molecular weight excluding hydrogens is 154 g/mol. The number of aliphatic hydroxyl groups is 1. The molecule has 2 N–H and O–H groups in total. The largest absolute Gasteiger partial charge is 0.385 e. The Bertz CT molecular complexity index is 361. The second-order valence-corrected chi connectivity index (χ2v) is 2.69. The summed E-state index contributed by atoms with van der Waals surface area (Å²) in [6.45, 7) is 1.67. The van der Waals surface area contributed by atoms with Gasteiger partial charge in [0.05, 0.1) is 17.2 Å². The van der Waals surface area contributed by atoms with Crippen molar-refractivity contribution in [3.63, 3.8) is 0 Å². The first-order valence-corrected chi connectivity index (χ1v) is 3.75. The normalized spacial score (nSPS) is 13.5. The van der Waals surface area contributed by atoms with Gasteiger partial charge in [0.2, 0.25) is 0 Å². The molecule has 2 aromatic rings. The van der Waals surface area contributed by atoms with Crippen LogP contribution in [0.1, 0.15) is 18.9 Å². The number of rotatable bonds is 1. The van der Waals surface area contributed by atoms with Crippen LogP contribution in [0, 0.1) is 0 Å². The number of aliphatic hydroxyl groups excluding tert-OH is 1. The maximum absolute atomic E-state index is 9.21. The zero-order chi connectivity index (χ0) is 8.55. The Hall–Kier alpha value is -1.42. The summed E-state index contributed by atoms with van der Waals surface area (Å²) in [4.78, 5) is 11.1. The third-order valence-electron chi connectivity index (χ3n) is 1.70. The van der Waals surface area contributed by atoms with Crippen molar-refractivity contribution in [2.24, 2.45) is 0 Å². The predicted molar refractivity (Wildman–Crippen MR) is 44.5 cm³/mol. The number of fused-ring (bicyclic) bond motifs is 1. The molecule has 4 heteroatoms. The van der Waals surface area contributed by atoms with Crippen LogP contribution in [-0.2, 0) is 0 Å². The molecule has 0 amide bonds. The number of nitrogens with zero attached hydrogens (tertiary/aromatic N) is 2. The van der Waals surface area contributed by atoms with Gasteiger partial charge in [-0.3, -0.25) is 4.98 Å². The number of H-pyrrole nitrogens is 1. The Labute approximate surface area is 69.3 Å². The van der Waals surface area contributed by atoms with Crippen molar-refractivity contribution in [3.8, 4) is 0 Å². The van der Waals surface area contributed by atoms with Crippen LogP contribution >= 0.6 is 0 Å². The summed E-state index contributed by atoms with van der Waals surface area (Å²) in [5, 5.41) is 9.21. The van der Waals surface area contributed by atoms with Crippen molar-refractivity contribution < 1.29 is 5.11 Å². The van der Waals surface area contributed by atoms with E-state index in [4.69, 9.17) is 0 Å². The molecule has 1 atom stereocenters. The molecule has 2 heterocycles. The molecule has 0 bridgehead atoms. The van der Waals surface area contributed by atoms with Gasteiger partial charge >= 0.3 is 0 Å². The second kappa shape index (κ2) is 2.57. The minimum absolute atomic E-state index is 0.558. The molecule has 1 unspecified atom stereocenters. The highest BCUT2D eigenvalue weighted by Gasteiger charge is 2.06. The minimum Gasteiger partial charge on any atom is -0.385 e. The molecule has 62 valence electrons. The third kappa shape index (κ3) is 1.06. The van der Waals surface area contributed by atoms with Crippen LogP contribution in [0.15, 0.2) is 18.5 Å². The molecule has 0 aromatic carbocycles. The highest BCUT2D eigenvalue weighted by atomic mass is 16.3. The number of hydrogen-bond donors (Lipinski definition) is 2. The third-order valence-corrected chi connectivity index (χ3v) is 1.70. The van der Waals surface area contributed by atoms with Gasteiger partial charge < -0.3 is 10.1 Å². The average molecular weight is 163 g/mol. The topological polar surface area (TPSA) is 61.8 Å². The van der Waals surface area contributed by atoms with Crippen LogP contribution in [0.3, 0.4) is 0 Å². The van der Waals surface area contributed by atoms with Crippen LogP contribution in [0.25, 0.3) is 11.0 Å². The smallest absolute Gasteiger partial charge is 0.135 e. The van der Waals surface area contributed by atoms with Gasteiger partial charge in [-0.05, 0) is 13.0 Å². The number of pyridine rings is 1. The van der Waals surface area contributed by atoms with Crippen molar-refractivity contribution in [3.05, 3.63) is 24.3 Å². The van der Waals surface area contributed by atoms with Crippen LogP contribution in [0.4, 0.5) is 0 Å². The second-order valence-electron chi connectivity index (χ2n) is 2.69. The van der Waals surface area contributed by atoms with Gasteiger partial charge in [-0.1, -0.05) is 0 Å². The molecule has 0 spiro atoms. The average Bonchev–Trinajstić information content (AvgIpc) is 2.46. The summed E-state index contributed by atoms with van der Waals surface area (Å²) in [6, 6.07) is 1.80. The van der Waals surface area contributed by atoms with Gasteiger partial charge in [0.1, 0.15) is 11.9 Å². The SMILES string of the molecule is CC(O)c1nc2ccncc2[nH]1. The Morgan fingerprint density at radius 1 is 1.58 bits per heavy atom. The van der Waals surface area contributed by atoms with Gasteiger partial charge in [0.25, 0.3) is 0 Å². The van der Waals surface area contributed by atoms with Gasteiger partial charge in [0.15, 0.2) is 0 Å². The molecule has 4 nitrogen and oxygen atoms in total. The number of nitrogens with one attached hydrogen (secondary N) is 1. The van der Waals surface area contributed by atoms with E-state index in [-0.39, 0.29) is 0 Å². The van der Waals surface area contributed by atoms with Crippen LogP contribution in [0.5, 0.6) is 0 Å². The molecule has 0 radical (unpaired) electrons. The fourth-order valence-corrected chi connectivity index (χ4v) is 1.07. The molecular formula is C8H9N3O. The highest BCUT2D eigenvalue weighted by molar-refractivity contribution is 5.73. The number of aromatic nitrogens is 3. The van der Waals surface area contributed by atoms with Crippen molar-refractivity contribution in [2.45, 2.75) is 13.0 Å². The number of imidazole rings is 1. The van der Waals surface area contributed by atoms with Crippen LogP contribution < -0.4 is 0 Å². The summed E-state index contributed by atoms with van der Waals surface area (Å²) in [5.41, 5.74) is 1.69. The van der Waals surface area contributed by atoms with E-state index in [1.165, 1.54) is 0 Å². The lowest BCUT2D eigenvalue weighted by Crippen LogP contribution is -1.92. The van der Waals surface area contributed by atoms with Crippen molar-refractivity contribution in [2.75, 3.05) is 0 Å². The van der Waals surface area contributed by atoms with E-state index in [2.05, 4.69) is 15.0 Å². The quantitative estimate of drug-likeness (QED) is 0.659. The maximum Gasteiger partial charge on any atom is 0.135 e. The van der Waals surface area contributed by atoms with E-state index in [1.807, 2.05) is 0 Å². The predicted octanol–water partition coefficient (Wildman–Crippen LogP) is 1.01. The lowest BCUT2D eigenvalue weighted by Gasteiger charge is -1.95. The molecule has 2 aromatic heterocycles. The maximum atomic E-state index is 9.21. The fraction of sp³-hybridized carbons (Fsp3) is 0.250. The first kappa shape index (κ1) is 7.24. The summed E-state index contributed by atoms with van der Waals surface area (Å²) >= 11 is 0. The van der Waals surface area contributed by atoms with E-state index in [0.717, 1.165) is 11.0 Å². The zero-order valence-corrected chi connectivity index (χ0v) is 6.65. The summed E-state index contributed by atoms with van der Waals surface area (Å²) < 4.78 is 0. The Balaban J connectivity index is 2.62. The summed E-state index contributed by atoms with van der Waals surface area (Å²) in [7, 11) is 0. The van der Waals surface area contributed by atoms with Crippen LogP contribution in [0.2, 0.25) is 0 Å². The van der Waals surface area contributed by atoms with Crippen molar-refractivity contribution >= 4 is 11.0 Å². The Morgan fingerprint density at radius 3 is 3.08 bits per heavy atom. The standard InChI is InChI=1S/C8H9N3O/c1-5(12)8-10-6-2-3-9-4-7(6)11-8/h2-5,12H,1H3,(H,10,11).